The van der Waals surface area contributed by atoms with E-state index in [1.165, 1.54) is 6.42 Å². The van der Waals surface area contributed by atoms with Crippen LogP contribution in [0.15, 0.2) is 24.3 Å². The molecule has 0 radical (unpaired) electrons. The van der Waals surface area contributed by atoms with Gasteiger partial charge >= 0.3 is 0 Å². The first-order chi connectivity index (χ1) is 13.1. The van der Waals surface area contributed by atoms with Gasteiger partial charge in [0.2, 0.25) is 5.91 Å². The number of hydrogen-bond donors (Lipinski definition) is 2. The summed E-state index contributed by atoms with van der Waals surface area (Å²) in [7, 11) is 0. The van der Waals surface area contributed by atoms with E-state index in [0.717, 1.165) is 51.6 Å². The van der Waals surface area contributed by atoms with E-state index in [2.05, 4.69) is 10.6 Å². The SMILES string of the molecule is O=C(N[C@H]1CCCNC1)C1CC2CCCCC2N1C(=O)c1cccc(Cl)c1. The van der Waals surface area contributed by atoms with Crippen LogP contribution in [0.3, 0.4) is 0 Å². The number of amides is 2. The van der Waals surface area contributed by atoms with Crippen LogP contribution in [-0.2, 0) is 4.79 Å². The first kappa shape index (κ1) is 18.8. The largest absolute Gasteiger partial charge is 0.350 e. The minimum absolute atomic E-state index is 0.00785. The number of hydrogen-bond acceptors (Lipinski definition) is 3. The quantitative estimate of drug-likeness (QED) is 0.835. The van der Waals surface area contributed by atoms with Crippen molar-refractivity contribution in [3.05, 3.63) is 34.9 Å². The number of likely N-dealkylation sites (tertiary alicyclic amines) is 1. The fourth-order valence-electron chi connectivity index (χ4n) is 5.03. The van der Waals surface area contributed by atoms with Gasteiger partial charge in [0.25, 0.3) is 5.91 Å². The van der Waals surface area contributed by atoms with Gasteiger partial charge in [-0.2, -0.15) is 0 Å². The molecule has 0 aromatic heterocycles. The van der Waals surface area contributed by atoms with Crippen LogP contribution < -0.4 is 10.6 Å². The highest BCUT2D eigenvalue weighted by atomic mass is 35.5. The maximum atomic E-state index is 13.3. The number of carbonyl (C=O) groups excluding carboxylic acids is 2. The van der Waals surface area contributed by atoms with Crippen molar-refractivity contribution < 1.29 is 9.59 Å². The van der Waals surface area contributed by atoms with Gasteiger partial charge in [-0.1, -0.05) is 30.5 Å². The predicted octanol–water partition coefficient (Wildman–Crippen LogP) is 2.98. The Morgan fingerprint density at radius 3 is 2.78 bits per heavy atom. The van der Waals surface area contributed by atoms with Gasteiger partial charge in [0.15, 0.2) is 0 Å². The first-order valence-corrected chi connectivity index (χ1v) is 10.6. The third-order valence-electron chi connectivity index (χ3n) is 6.34. The summed E-state index contributed by atoms with van der Waals surface area (Å²) in [5, 5.41) is 7.08. The molecule has 146 valence electrons. The highest BCUT2D eigenvalue weighted by molar-refractivity contribution is 6.31. The molecule has 2 amide bonds. The Balaban J connectivity index is 1.56. The lowest BCUT2D eigenvalue weighted by Gasteiger charge is -2.34. The fraction of sp³-hybridized carbons (Fsp3) is 0.619. The lowest BCUT2D eigenvalue weighted by atomic mass is 9.84. The molecule has 0 spiro atoms. The molecule has 2 heterocycles. The summed E-state index contributed by atoms with van der Waals surface area (Å²) >= 11 is 6.10. The van der Waals surface area contributed by atoms with E-state index >= 15 is 0 Å². The molecule has 1 aromatic rings. The van der Waals surface area contributed by atoms with Gasteiger partial charge in [0, 0.05) is 29.2 Å². The number of halogens is 1. The third kappa shape index (κ3) is 3.99. The van der Waals surface area contributed by atoms with Crippen LogP contribution in [0.5, 0.6) is 0 Å². The van der Waals surface area contributed by atoms with E-state index in [4.69, 9.17) is 11.6 Å². The highest BCUT2D eigenvalue weighted by Crippen LogP contribution is 2.40. The van der Waals surface area contributed by atoms with Gasteiger partial charge in [-0.15, -0.1) is 0 Å². The molecule has 2 aliphatic heterocycles. The molecule has 3 fully saturated rings. The molecular formula is C21H28ClN3O2. The van der Waals surface area contributed by atoms with Crippen molar-refractivity contribution in [1.29, 1.82) is 0 Å². The molecule has 4 rings (SSSR count). The predicted molar refractivity (Wildman–Crippen MR) is 106 cm³/mol. The molecule has 1 saturated carbocycles. The maximum absolute atomic E-state index is 13.3. The minimum atomic E-state index is -0.369. The molecule has 2 saturated heterocycles. The van der Waals surface area contributed by atoms with Crippen molar-refractivity contribution in [2.24, 2.45) is 5.92 Å². The number of fused-ring (bicyclic) bond motifs is 1. The summed E-state index contributed by atoms with van der Waals surface area (Å²) in [6.07, 6.45) is 7.28. The number of carbonyl (C=O) groups is 2. The number of piperidine rings is 1. The Morgan fingerprint density at radius 1 is 1.15 bits per heavy atom. The monoisotopic (exact) mass is 389 g/mol. The number of benzene rings is 1. The van der Waals surface area contributed by atoms with Crippen LogP contribution in [0.2, 0.25) is 5.02 Å². The Morgan fingerprint density at radius 2 is 2.00 bits per heavy atom. The second-order valence-corrected chi connectivity index (χ2v) is 8.57. The van der Waals surface area contributed by atoms with Gasteiger partial charge < -0.3 is 15.5 Å². The van der Waals surface area contributed by atoms with E-state index in [1.807, 2.05) is 4.90 Å². The summed E-state index contributed by atoms with van der Waals surface area (Å²) in [6, 6.07) is 7.04. The maximum Gasteiger partial charge on any atom is 0.254 e. The van der Waals surface area contributed by atoms with Gasteiger partial charge in [0.05, 0.1) is 0 Å². The highest BCUT2D eigenvalue weighted by Gasteiger charge is 2.47. The van der Waals surface area contributed by atoms with Gasteiger partial charge in [-0.3, -0.25) is 9.59 Å². The molecule has 2 N–H and O–H groups in total. The van der Waals surface area contributed by atoms with Crippen molar-refractivity contribution >= 4 is 23.4 Å². The van der Waals surface area contributed by atoms with Gasteiger partial charge in [-0.05, 0) is 62.8 Å². The van der Waals surface area contributed by atoms with Gasteiger partial charge in [0.1, 0.15) is 6.04 Å². The molecule has 27 heavy (non-hydrogen) atoms. The number of nitrogens with zero attached hydrogens (tertiary/aromatic N) is 1. The summed E-state index contributed by atoms with van der Waals surface area (Å²) in [5.41, 5.74) is 0.575. The summed E-state index contributed by atoms with van der Waals surface area (Å²) in [4.78, 5) is 28.3. The molecule has 3 aliphatic rings. The topological polar surface area (TPSA) is 61.4 Å². The lowest BCUT2D eigenvalue weighted by molar-refractivity contribution is -0.126. The van der Waals surface area contributed by atoms with Crippen molar-refractivity contribution in [2.75, 3.05) is 13.1 Å². The Labute approximate surface area is 165 Å². The minimum Gasteiger partial charge on any atom is -0.350 e. The average molecular weight is 390 g/mol. The fourth-order valence-corrected chi connectivity index (χ4v) is 5.22. The zero-order valence-corrected chi connectivity index (χ0v) is 16.4. The summed E-state index contributed by atoms with van der Waals surface area (Å²) < 4.78 is 0. The van der Waals surface area contributed by atoms with E-state index in [-0.39, 0.29) is 29.9 Å². The van der Waals surface area contributed by atoms with Crippen LogP contribution in [0.25, 0.3) is 0 Å². The lowest BCUT2D eigenvalue weighted by Crippen LogP contribution is -2.54. The second-order valence-electron chi connectivity index (χ2n) is 8.14. The molecule has 4 atom stereocenters. The van der Waals surface area contributed by atoms with E-state index in [9.17, 15) is 9.59 Å². The molecule has 3 unspecified atom stereocenters. The average Bonchev–Trinajstić information content (AvgIpc) is 3.08. The van der Waals surface area contributed by atoms with Crippen molar-refractivity contribution in [3.63, 3.8) is 0 Å². The van der Waals surface area contributed by atoms with E-state index in [0.29, 0.717) is 16.5 Å². The molecule has 1 aliphatic carbocycles. The summed E-state index contributed by atoms with van der Waals surface area (Å²) in [5.74, 6) is 0.379. The van der Waals surface area contributed by atoms with Crippen LogP contribution in [0.4, 0.5) is 0 Å². The Hall–Kier alpha value is -1.59. The third-order valence-corrected chi connectivity index (χ3v) is 6.58. The zero-order chi connectivity index (χ0) is 18.8. The van der Waals surface area contributed by atoms with Crippen molar-refractivity contribution in [1.82, 2.24) is 15.5 Å². The number of rotatable bonds is 3. The first-order valence-electron chi connectivity index (χ1n) is 10.2. The molecule has 6 heteroatoms. The standard InChI is InChI=1S/C21H28ClN3O2/c22-16-7-3-6-15(11-16)21(27)25-18-9-2-1-5-14(18)12-19(25)20(26)24-17-8-4-10-23-13-17/h3,6-7,11,14,17-19,23H,1-2,4-5,8-10,12-13H2,(H,24,26)/t14?,17-,18?,19?/m0/s1. The molecular weight excluding hydrogens is 362 g/mol. The van der Waals surface area contributed by atoms with Crippen LogP contribution >= 0.6 is 11.6 Å². The Kier molecular flexibility index (Phi) is 5.69. The zero-order valence-electron chi connectivity index (χ0n) is 15.6. The van der Waals surface area contributed by atoms with Crippen molar-refractivity contribution in [3.8, 4) is 0 Å². The van der Waals surface area contributed by atoms with Crippen LogP contribution in [0.1, 0.15) is 55.3 Å². The molecule has 1 aromatic carbocycles. The van der Waals surface area contributed by atoms with Gasteiger partial charge in [-0.25, -0.2) is 0 Å². The van der Waals surface area contributed by atoms with E-state index < -0.39 is 0 Å². The van der Waals surface area contributed by atoms with Crippen LogP contribution in [0, 0.1) is 5.92 Å². The van der Waals surface area contributed by atoms with E-state index in [1.54, 1.807) is 24.3 Å². The van der Waals surface area contributed by atoms with Crippen LogP contribution in [-0.4, -0.2) is 47.9 Å². The second kappa shape index (κ2) is 8.19. The number of nitrogens with one attached hydrogen (secondary N) is 2. The normalized spacial score (nSPS) is 30.6. The van der Waals surface area contributed by atoms with Crippen molar-refractivity contribution in [2.45, 2.75) is 63.1 Å². The molecule has 5 nitrogen and oxygen atoms in total. The smallest absolute Gasteiger partial charge is 0.254 e. The summed E-state index contributed by atoms with van der Waals surface area (Å²) in [6.45, 7) is 1.83. The Bertz CT molecular complexity index is 704. The molecule has 0 bridgehead atoms.